The van der Waals surface area contributed by atoms with Crippen LogP contribution < -0.4 is 4.74 Å². The van der Waals surface area contributed by atoms with E-state index >= 15 is 0 Å². The van der Waals surface area contributed by atoms with Gasteiger partial charge in [0.15, 0.2) is 0 Å². The molecule has 1 unspecified atom stereocenters. The molecule has 1 aromatic heterocycles. The second-order valence-corrected chi connectivity index (χ2v) is 3.61. The van der Waals surface area contributed by atoms with Crippen LogP contribution in [-0.2, 0) is 0 Å². The van der Waals surface area contributed by atoms with Gasteiger partial charge < -0.3 is 4.74 Å². The predicted octanol–water partition coefficient (Wildman–Crippen LogP) is 3.61. The van der Waals surface area contributed by atoms with Crippen molar-refractivity contribution in [3.8, 4) is 5.75 Å². The summed E-state index contributed by atoms with van der Waals surface area (Å²) in [5, 5.41) is 0. The first kappa shape index (κ1) is 10.7. The van der Waals surface area contributed by atoms with E-state index in [4.69, 9.17) is 4.74 Å². The molecule has 0 saturated carbocycles. The van der Waals surface area contributed by atoms with Crippen LogP contribution >= 0.6 is 0 Å². The third kappa shape index (κ3) is 2.60. The van der Waals surface area contributed by atoms with Gasteiger partial charge in [-0.3, -0.25) is 4.98 Å². The molecule has 0 fully saturated rings. The largest absolute Gasteiger partial charge is 0.486 e. The average molecular weight is 213 g/mol. The van der Waals surface area contributed by atoms with Crippen LogP contribution in [0.2, 0.25) is 0 Å². The van der Waals surface area contributed by atoms with Crippen LogP contribution in [0.15, 0.2) is 54.9 Å². The summed E-state index contributed by atoms with van der Waals surface area (Å²) in [6.45, 7) is 2.11. The molecule has 0 N–H and O–H groups in total. The lowest BCUT2D eigenvalue weighted by Crippen LogP contribution is -2.06. The van der Waals surface area contributed by atoms with Crippen molar-refractivity contribution in [2.75, 3.05) is 0 Å². The third-order valence-electron chi connectivity index (χ3n) is 2.45. The average Bonchev–Trinajstić information content (AvgIpc) is 2.38. The van der Waals surface area contributed by atoms with Gasteiger partial charge in [-0.1, -0.05) is 31.2 Å². The quantitative estimate of drug-likeness (QED) is 0.774. The molecule has 0 amide bonds. The number of ether oxygens (including phenoxy) is 1. The molecule has 1 aromatic carbocycles. The van der Waals surface area contributed by atoms with Crippen LogP contribution in [0.1, 0.15) is 25.0 Å². The minimum absolute atomic E-state index is 0.0797. The molecule has 1 atom stereocenters. The molecule has 1 heterocycles. The molecule has 0 aliphatic heterocycles. The van der Waals surface area contributed by atoms with E-state index in [0.717, 1.165) is 17.7 Å². The van der Waals surface area contributed by atoms with E-state index in [9.17, 15) is 0 Å². The lowest BCUT2D eigenvalue weighted by atomic mass is 10.1. The highest BCUT2D eigenvalue weighted by Gasteiger charge is 2.10. The van der Waals surface area contributed by atoms with Crippen LogP contribution in [0.4, 0.5) is 0 Å². The fourth-order valence-electron chi connectivity index (χ4n) is 1.62. The summed E-state index contributed by atoms with van der Waals surface area (Å²) >= 11 is 0. The summed E-state index contributed by atoms with van der Waals surface area (Å²) in [4.78, 5) is 4.12. The molecular weight excluding hydrogens is 198 g/mol. The smallest absolute Gasteiger partial charge is 0.125 e. The zero-order chi connectivity index (χ0) is 11.2. The first-order valence-corrected chi connectivity index (χ1v) is 5.51. The summed E-state index contributed by atoms with van der Waals surface area (Å²) in [5.74, 6) is 0.901. The Morgan fingerprint density at radius 2 is 1.94 bits per heavy atom. The Morgan fingerprint density at radius 1 is 1.12 bits per heavy atom. The van der Waals surface area contributed by atoms with Crippen LogP contribution in [0.25, 0.3) is 0 Å². The lowest BCUT2D eigenvalue weighted by molar-refractivity contribution is 0.201. The zero-order valence-electron chi connectivity index (χ0n) is 9.34. The molecule has 0 spiro atoms. The van der Waals surface area contributed by atoms with Gasteiger partial charge in [0.1, 0.15) is 11.9 Å². The van der Waals surface area contributed by atoms with E-state index in [1.165, 1.54) is 0 Å². The Hall–Kier alpha value is -1.83. The van der Waals surface area contributed by atoms with Crippen molar-refractivity contribution < 1.29 is 4.74 Å². The minimum atomic E-state index is 0.0797. The van der Waals surface area contributed by atoms with Crippen LogP contribution in [0, 0.1) is 0 Å². The number of benzene rings is 1. The molecule has 0 aliphatic carbocycles. The predicted molar refractivity (Wildman–Crippen MR) is 64.3 cm³/mol. The molecule has 0 radical (unpaired) electrons. The van der Waals surface area contributed by atoms with Crippen molar-refractivity contribution in [1.82, 2.24) is 4.98 Å². The number of pyridine rings is 1. The first-order chi connectivity index (χ1) is 7.90. The zero-order valence-corrected chi connectivity index (χ0v) is 9.34. The van der Waals surface area contributed by atoms with Gasteiger partial charge in [-0.15, -0.1) is 0 Å². The van der Waals surface area contributed by atoms with Crippen molar-refractivity contribution in [1.29, 1.82) is 0 Å². The molecule has 2 rings (SSSR count). The monoisotopic (exact) mass is 213 g/mol. The van der Waals surface area contributed by atoms with Crippen LogP contribution in [0.3, 0.4) is 0 Å². The molecule has 0 aliphatic rings. The Kier molecular flexibility index (Phi) is 3.54. The summed E-state index contributed by atoms with van der Waals surface area (Å²) < 4.78 is 5.91. The highest BCUT2D eigenvalue weighted by atomic mass is 16.5. The topological polar surface area (TPSA) is 22.1 Å². The Morgan fingerprint density at radius 3 is 2.56 bits per heavy atom. The van der Waals surface area contributed by atoms with Gasteiger partial charge in [0.2, 0.25) is 0 Å². The molecule has 0 bridgehead atoms. The van der Waals surface area contributed by atoms with Gasteiger partial charge in [0, 0.05) is 18.0 Å². The molecule has 2 heteroatoms. The van der Waals surface area contributed by atoms with E-state index < -0.39 is 0 Å². The van der Waals surface area contributed by atoms with Gasteiger partial charge in [-0.05, 0) is 24.6 Å². The van der Waals surface area contributed by atoms with E-state index in [1.54, 1.807) is 6.20 Å². The third-order valence-corrected chi connectivity index (χ3v) is 2.45. The maximum absolute atomic E-state index is 5.91. The molecule has 82 valence electrons. The normalized spacial score (nSPS) is 12.1. The van der Waals surface area contributed by atoms with Gasteiger partial charge in [0.05, 0.1) is 0 Å². The van der Waals surface area contributed by atoms with E-state index in [-0.39, 0.29) is 6.10 Å². The second-order valence-electron chi connectivity index (χ2n) is 3.61. The van der Waals surface area contributed by atoms with E-state index in [1.807, 2.05) is 48.7 Å². The van der Waals surface area contributed by atoms with Gasteiger partial charge >= 0.3 is 0 Å². The maximum atomic E-state index is 5.91. The SMILES string of the molecule is CCC(Oc1ccccc1)c1cccnc1. The summed E-state index contributed by atoms with van der Waals surface area (Å²) in [6.07, 6.45) is 4.65. The minimum Gasteiger partial charge on any atom is -0.486 e. The Bertz CT molecular complexity index is 413. The number of nitrogens with zero attached hydrogens (tertiary/aromatic N) is 1. The second kappa shape index (κ2) is 5.31. The Labute approximate surface area is 95.9 Å². The number of aromatic nitrogens is 1. The molecule has 2 aromatic rings. The number of rotatable bonds is 4. The van der Waals surface area contributed by atoms with Crippen LogP contribution in [-0.4, -0.2) is 4.98 Å². The lowest BCUT2D eigenvalue weighted by Gasteiger charge is -2.17. The van der Waals surface area contributed by atoms with E-state index in [2.05, 4.69) is 11.9 Å². The highest BCUT2D eigenvalue weighted by Crippen LogP contribution is 2.23. The number of hydrogen-bond donors (Lipinski definition) is 0. The molecule has 16 heavy (non-hydrogen) atoms. The first-order valence-electron chi connectivity index (χ1n) is 5.51. The number of para-hydroxylation sites is 1. The van der Waals surface area contributed by atoms with Gasteiger partial charge in [0.25, 0.3) is 0 Å². The molecule has 0 saturated heterocycles. The van der Waals surface area contributed by atoms with Gasteiger partial charge in [-0.2, -0.15) is 0 Å². The van der Waals surface area contributed by atoms with Crippen molar-refractivity contribution in [2.45, 2.75) is 19.4 Å². The maximum Gasteiger partial charge on any atom is 0.125 e. The summed E-state index contributed by atoms with van der Waals surface area (Å²) in [7, 11) is 0. The fraction of sp³-hybridized carbons (Fsp3) is 0.214. The van der Waals surface area contributed by atoms with Gasteiger partial charge in [-0.25, -0.2) is 0 Å². The molecular formula is C14H15NO. The standard InChI is InChI=1S/C14H15NO/c1-2-14(12-7-6-10-15-11-12)16-13-8-4-3-5-9-13/h3-11,14H,2H2,1H3. The van der Waals surface area contributed by atoms with Crippen molar-refractivity contribution in [3.05, 3.63) is 60.4 Å². The Balaban J connectivity index is 2.13. The summed E-state index contributed by atoms with van der Waals surface area (Å²) in [6, 6.07) is 13.9. The number of hydrogen-bond acceptors (Lipinski definition) is 2. The van der Waals surface area contributed by atoms with Crippen molar-refractivity contribution >= 4 is 0 Å². The van der Waals surface area contributed by atoms with Crippen molar-refractivity contribution in [2.24, 2.45) is 0 Å². The fourth-order valence-corrected chi connectivity index (χ4v) is 1.62. The van der Waals surface area contributed by atoms with E-state index in [0.29, 0.717) is 0 Å². The van der Waals surface area contributed by atoms with Crippen molar-refractivity contribution in [3.63, 3.8) is 0 Å². The van der Waals surface area contributed by atoms with Crippen LogP contribution in [0.5, 0.6) is 5.75 Å². The molecule has 2 nitrogen and oxygen atoms in total. The highest BCUT2D eigenvalue weighted by molar-refractivity contribution is 5.23. The summed E-state index contributed by atoms with van der Waals surface area (Å²) in [5.41, 5.74) is 1.12.